The van der Waals surface area contributed by atoms with E-state index >= 15 is 0 Å². The monoisotopic (exact) mass is 418 g/mol. The molecule has 5 atom stereocenters. The van der Waals surface area contributed by atoms with E-state index in [9.17, 15) is 10.2 Å². The standard InChI is InChI=1S/C24H31ClO4/c1-4-6-21-23(27)22(26)15(3)24(29-21)17-9-12-20(25)18(14-17)13-16-7-10-19(11-8-16)28-5-2/h7-12,14-15,21-24,26-27H,4-6,13H2,1-3H3. The van der Waals surface area contributed by atoms with E-state index in [0.29, 0.717) is 24.5 Å². The molecule has 1 heterocycles. The van der Waals surface area contributed by atoms with Gasteiger partial charge in [-0.15, -0.1) is 0 Å². The van der Waals surface area contributed by atoms with Crippen LogP contribution in [0.15, 0.2) is 42.5 Å². The first-order chi connectivity index (χ1) is 13.9. The summed E-state index contributed by atoms with van der Waals surface area (Å²) < 4.78 is 11.7. The van der Waals surface area contributed by atoms with Crippen molar-refractivity contribution in [2.24, 2.45) is 5.92 Å². The van der Waals surface area contributed by atoms with Crippen molar-refractivity contribution in [2.45, 2.75) is 64.4 Å². The third-order valence-corrected chi connectivity index (χ3v) is 6.04. The molecule has 1 aliphatic heterocycles. The summed E-state index contributed by atoms with van der Waals surface area (Å²) in [6, 6.07) is 13.9. The first kappa shape index (κ1) is 22.1. The maximum Gasteiger partial charge on any atom is 0.119 e. The predicted molar refractivity (Wildman–Crippen MR) is 116 cm³/mol. The van der Waals surface area contributed by atoms with E-state index in [1.54, 1.807) is 0 Å². The van der Waals surface area contributed by atoms with E-state index in [1.165, 1.54) is 0 Å². The quantitative estimate of drug-likeness (QED) is 0.669. The van der Waals surface area contributed by atoms with Gasteiger partial charge in [0.2, 0.25) is 0 Å². The first-order valence-corrected chi connectivity index (χ1v) is 10.8. The molecular formula is C24H31ClO4. The van der Waals surface area contributed by atoms with Gasteiger partial charge in [0.25, 0.3) is 0 Å². The average Bonchev–Trinajstić information content (AvgIpc) is 2.72. The maximum absolute atomic E-state index is 10.5. The number of hydrogen-bond donors (Lipinski definition) is 2. The van der Waals surface area contributed by atoms with Crippen LogP contribution in [0.25, 0.3) is 0 Å². The number of hydrogen-bond acceptors (Lipinski definition) is 4. The molecule has 0 amide bonds. The van der Waals surface area contributed by atoms with Gasteiger partial charge in [0.1, 0.15) is 11.9 Å². The molecule has 0 aromatic heterocycles. The average molecular weight is 419 g/mol. The molecule has 158 valence electrons. The highest BCUT2D eigenvalue weighted by Crippen LogP contribution is 2.39. The van der Waals surface area contributed by atoms with Crippen LogP contribution >= 0.6 is 11.6 Å². The Labute approximate surface area is 178 Å². The summed E-state index contributed by atoms with van der Waals surface area (Å²) in [6.45, 7) is 6.58. The number of aliphatic hydroxyl groups excluding tert-OH is 2. The van der Waals surface area contributed by atoms with Crippen molar-refractivity contribution >= 4 is 11.6 Å². The second-order valence-corrected chi connectivity index (χ2v) is 8.24. The molecule has 0 bridgehead atoms. The Kier molecular flexibility index (Phi) is 7.58. The molecule has 0 spiro atoms. The highest BCUT2D eigenvalue weighted by Gasteiger charge is 2.42. The van der Waals surface area contributed by atoms with Crippen molar-refractivity contribution in [3.63, 3.8) is 0 Å². The van der Waals surface area contributed by atoms with Crippen molar-refractivity contribution in [1.82, 2.24) is 0 Å². The normalized spacial score (nSPS) is 27.0. The van der Waals surface area contributed by atoms with Gasteiger partial charge < -0.3 is 19.7 Å². The molecule has 1 saturated heterocycles. The van der Waals surface area contributed by atoms with Crippen LogP contribution in [-0.4, -0.2) is 35.1 Å². The molecule has 2 N–H and O–H groups in total. The molecule has 0 saturated carbocycles. The van der Waals surface area contributed by atoms with Crippen LogP contribution in [0.1, 0.15) is 56.4 Å². The van der Waals surface area contributed by atoms with Gasteiger partial charge in [-0.3, -0.25) is 0 Å². The predicted octanol–water partition coefficient (Wildman–Crippen LogP) is 4.93. The molecule has 29 heavy (non-hydrogen) atoms. The maximum atomic E-state index is 10.5. The van der Waals surface area contributed by atoms with Crippen LogP contribution < -0.4 is 4.74 Å². The van der Waals surface area contributed by atoms with Crippen molar-refractivity contribution in [3.8, 4) is 5.75 Å². The van der Waals surface area contributed by atoms with Crippen molar-refractivity contribution in [1.29, 1.82) is 0 Å². The van der Waals surface area contributed by atoms with Gasteiger partial charge in [0.15, 0.2) is 0 Å². The Hall–Kier alpha value is -1.59. The van der Waals surface area contributed by atoms with Gasteiger partial charge in [-0.25, -0.2) is 0 Å². The summed E-state index contributed by atoms with van der Waals surface area (Å²) in [7, 11) is 0. The van der Waals surface area contributed by atoms with Gasteiger partial charge in [-0.1, -0.05) is 56.1 Å². The van der Waals surface area contributed by atoms with Crippen LogP contribution in [0.2, 0.25) is 5.02 Å². The molecular weight excluding hydrogens is 388 g/mol. The number of halogens is 1. The zero-order chi connectivity index (χ0) is 21.0. The van der Waals surface area contributed by atoms with Gasteiger partial charge in [0.05, 0.1) is 24.9 Å². The Bertz CT molecular complexity index is 792. The van der Waals surface area contributed by atoms with Crippen LogP contribution in [0, 0.1) is 5.92 Å². The minimum atomic E-state index is -0.850. The second-order valence-electron chi connectivity index (χ2n) is 7.83. The van der Waals surface area contributed by atoms with E-state index < -0.39 is 12.2 Å². The molecule has 4 nitrogen and oxygen atoms in total. The fraction of sp³-hybridized carbons (Fsp3) is 0.500. The fourth-order valence-electron chi connectivity index (χ4n) is 4.01. The molecule has 1 aliphatic rings. The van der Waals surface area contributed by atoms with Gasteiger partial charge in [0, 0.05) is 10.9 Å². The molecule has 5 unspecified atom stereocenters. The van der Waals surface area contributed by atoms with Crippen LogP contribution in [0.3, 0.4) is 0 Å². The summed E-state index contributed by atoms with van der Waals surface area (Å²) in [5.74, 6) is 0.646. The number of rotatable bonds is 7. The van der Waals surface area contributed by atoms with Crippen LogP contribution in [0.4, 0.5) is 0 Å². The van der Waals surface area contributed by atoms with E-state index in [2.05, 4.69) is 6.07 Å². The second kappa shape index (κ2) is 9.94. The lowest BCUT2D eigenvalue weighted by molar-refractivity contribution is -0.200. The molecule has 2 aromatic rings. The van der Waals surface area contributed by atoms with Crippen molar-refractivity contribution < 1.29 is 19.7 Å². The van der Waals surface area contributed by atoms with E-state index in [0.717, 1.165) is 28.9 Å². The zero-order valence-corrected chi connectivity index (χ0v) is 18.1. The lowest BCUT2D eigenvalue weighted by Gasteiger charge is -2.42. The summed E-state index contributed by atoms with van der Waals surface area (Å²) in [5.41, 5.74) is 3.14. The Morgan fingerprint density at radius 1 is 1.03 bits per heavy atom. The molecule has 3 rings (SSSR count). The smallest absolute Gasteiger partial charge is 0.119 e. The molecule has 2 aromatic carbocycles. The number of benzene rings is 2. The minimum Gasteiger partial charge on any atom is -0.494 e. The van der Waals surface area contributed by atoms with Gasteiger partial charge >= 0.3 is 0 Å². The lowest BCUT2D eigenvalue weighted by atomic mass is 9.83. The highest BCUT2D eigenvalue weighted by atomic mass is 35.5. The third kappa shape index (κ3) is 5.13. The molecule has 0 radical (unpaired) electrons. The molecule has 0 aliphatic carbocycles. The van der Waals surface area contributed by atoms with E-state index in [-0.39, 0.29) is 18.1 Å². The van der Waals surface area contributed by atoms with Crippen molar-refractivity contribution in [3.05, 3.63) is 64.2 Å². The van der Waals surface area contributed by atoms with Crippen molar-refractivity contribution in [2.75, 3.05) is 6.61 Å². The summed E-state index contributed by atoms with van der Waals surface area (Å²) in [4.78, 5) is 0. The zero-order valence-electron chi connectivity index (χ0n) is 17.3. The van der Waals surface area contributed by atoms with E-state index in [4.69, 9.17) is 21.1 Å². The van der Waals surface area contributed by atoms with Crippen LogP contribution in [0.5, 0.6) is 5.75 Å². The molecule has 5 heteroatoms. The van der Waals surface area contributed by atoms with Gasteiger partial charge in [-0.05, 0) is 54.7 Å². The number of aliphatic hydroxyl groups is 2. The Balaban J connectivity index is 1.82. The van der Waals surface area contributed by atoms with Gasteiger partial charge in [-0.2, -0.15) is 0 Å². The largest absolute Gasteiger partial charge is 0.494 e. The molecule has 1 fully saturated rings. The highest BCUT2D eigenvalue weighted by molar-refractivity contribution is 6.31. The summed E-state index contributed by atoms with van der Waals surface area (Å²) in [5, 5.41) is 21.6. The first-order valence-electron chi connectivity index (χ1n) is 10.5. The minimum absolute atomic E-state index is 0.211. The van der Waals surface area contributed by atoms with E-state index in [1.807, 2.05) is 57.2 Å². The SMILES string of the molecule is CCCC1OC(c2ccc(Cl)c(Cc3ccc(OCC)cc3)c2)C(C)C(O)C1O. The fourth-order valence-corrected chi connectivity index (χ4v) is 4.19. The van der Waals surface area contributed by atoms with Crippen LogP contribution in [-0.2, 0) is 11.2 Å². The summed E-state index contributed by atoms with van der Waals surface area (Å²) >= 11 is 6.48. The summed E-state index contributed by atoms with van der Waals surface area (Å²) in [6.07, 6.45) is 0.00635. The number of ether oxygens (including phenoxy) is 2. The topological polar surface area (TPSA) is 58.9 Å². The lowest BCUT2D eigenvalue weighted by Crippen LogP contribution is -2.50. The Morgan fingerprint density at radius 2 is 1.76 bits per heavy atom. The Morgan fingerprint density at radius 3 is 2.41 bits per heavy atom. The third-order valence-electron chi connectivity index (χ3n) is 5.67.